The summed E-state index contributed by atoms with van der Waals surface area (Å²) in [7, 11) is 1.63. The molecule has 1 aliphatic heterocycles. The Morgan fingerprint density at radius 3 is 2.75 bits per heavy atom. The number of allylic oxidation sites excluding steroid dienone is 2. The van der Waals surface area contributed by atoms with Crippen molar-refractivity contribution in [1.29, 1.82) is 0 Å². The summed E-state index contributed by atoms with van der Waals surface area (Å²) in [5, 5.41) is 0. The second-order valence-electron chi connectivity index (χ2n) is 9.68. The number of hydrogen-bond acceptors (Lipinski definition) is 4. The van der Waals surface area contributed by atoms with Crippen molar-refractivity contribution in [3.8, 4) is 17.2 Å². The molecule has 0 radical (unpaired) electrons. The molecule has 152 valence electrons. The zero-order valence-electron chi connectivity index (χ0n) is 17.8. The first-order valence-corrected chi connectivity index (χ1v) is 10.4. The van der Waals surface area contributed by atoms with E-state index in [4.69, 9.17) is 14.2 Å². The zero-order chi connectivity index (χ0) is 20.1. The Balaban J connectivity index is 1.77. The highest BCUT2D eigenvalue weighted by Gasteiger charge is 2.51. The standard InChI is InChI=1S/C24H32O4/c1-15-7-8-20-23(2,3)9-6-10-24(20,4)18(15)11-16-12-19-22(28-14-27-19)17(13-25)21(16)26-5/h7,12-13,18,20H,6,8-11,14H2,1-5H3/t18-,20-,24+/m0/s1. The van der Waals surface area contributed by atoms with E-state index in [1.807, 2.05) is 6.07 Å². The molecule has 0 amide bonds. The van der Waals surface area contributed by atoms with E-state index < -0.39 is 0 Å². The van der Waals surface area contributed by atoms with Gasteiger partial charge in [-0.3, -0.25) is 4.79 Å². The first-order valence-electron chi connectivity index (χ1n) is 10.4. The molecule has 28 heavy (non-hydrogen) atoms. The summed E-state index contributed by atoms with van der Waals surface area (Å²) in [5.74, 6) is 2.90. The molecule has 0 spiro atoms. The summed E-state index contributed by atoms with van der Waals surface area (Å²) in [4.78, 5) is 11.8. The maximum Gasteiger partial charge on any atom is 0.231 e. The molecule has 1 fully saturated rings. The smallest absolute Gasteiger partial charge is 0.231 e. The Morgan fingerprint density at radius 2 is 2.04 bits per heavy atom. The van der Waals surface area contributed by atoms with Crippen molar-refractivity contribution in [3.63, 3.8) is 0 Å². The van der Waals surface area contributed by atoms with Gasteiger partial charge in [-0.2, -0.15) is 0 Å². The maximum atomic E-state index is 11.8. The quantitative estimate of drug-likeness (QED) is 0.502. The molecule has 4 rings (SSSR count). The van der Waals surface area contributed by atoms with Gasteiger partial charge in [-0.1, -0.05) is 38.8 Å². The minimum absolute atomic E-state index is 0.152. The number of methoxy groups -OCH3 is 1. The number of ether oxygens (including phenoxy) is 3. The molecule has 1 aromatic rings. The van der Waals surface area contributed by atoms with Gasteiger partial charge >= 0.3 is 0 Å². The van der Waals surface area contributed by atoms with E-state index in [1.54, 1.807) is 7.11 Å². The minimum atomic E-state index is 0.152. The molecule has 4 heteroatoms. The number of benzene rings is 1. The topological polar surface area (TPSA) is 44.8 Å². The van der Waals surface area contributed by atoms with E-state index >= 15 is 0 Å². The summed E-state index contributed by atoms with van der Waals surface area (Å²) >= 11 is 0. The van der Waals surface area contributed by atoms with Crippen LogP contribution in [0.3, 0.4) is 0 Å². The molecule has 1 saturated carbocycles. The number of aldehydes is 1. The average molecular weight is 385 g/mol. The Labute approximate surface area is 168 Å². The van der Waals surface area contributed by atoms with Crippen molar-refractivity contribution in [2.75, 3.05) is 13.9 Å². The molecule has 2 aliphatic carbocycles. The van der Waals surface area contributed by atoms with Crippen LogP contribution in [0.5, 0.6) is 17.2 Å². The second-order valence-corrected chi connectivity index (χ2v) is 9.68. The van der Waals surface area contributed by atoms with Crippen LogP contribution in [0.2, 0.25) is 0 Å². The lowest BCUT2D eigenvalue weighted by Gasteiger charge is -2.57. The summed E-state index contributed by atoms with van der Waals surface area (Å²) < 4.78 is 16.8. The van der Waals surface area contributed by atoms with Crippen LogP contribution in [-0.2, 0) is 6.42 Å². The van der Waals surface area contributed by atoms with Crippen LogP contribution >= 0.6 is 0 Å². The molecule has 0 N–H and O–H groups in total. The van der Waals surface area contributed by atoms with Crippen molar-refractivity contribution >= 4 is 6.29 Å². The highest BCUT2D eigenvalue weighted by molar-refractivity contribution is 5.87. The highest BCUT2D eigenvalue weighted by Crippen LogP contribution is 2.60. The fourth-order valence-corrected chi connectivity index (χ4v) is 6.36. The van der Waals surface area contributed by atoms with Crippen LogP contribution in [-0.4, -0.2) is 20.2 Å². The average Bonchev–Trinajstić information content (AvgIpc) is 3.10. The predicted octanol–water partition coefficient (Wildman–Crippen LogP) is 5.58. The highest BCUT2D eigenvalue weighted by atomic mass is 16.7. The predicted molar refractivity (Wildman–Crippen MR) is 109 cm³/mol. The largest absolute Gasteiger partial charge is 0.496 e. The molecule has 3 atom stereocenters. The van der Waals surface area contributed by atoms with Gasteiger partial charge in [0.2, 0.25) is 6.79 Å². The van der Waals surface area contributed by atoms with Crippen LogP contribution in [0, 0.1) is 22.7 Å². The number of hydrogen-bond donors (Lipinski definition) is 0. The lowest BCUT2D eigenvalue weighted by atomic mass is 9.48. The van der Waals surface area contributed by atoms with Crippen molar-refractivity contribution in [1.82, 2.24) is 0 Å². The number of rotatable bonds is 4. The molecule has 0 saturated heterocycles. The van der Waals surface area contributed by atoms with Crippen LogP contribution in [0.25, 0.3) is 0 Å². The molecular formula is C24H32O4. The van der Waals surface area contributed by atoms with E-state index in [1.165, 1.54) is 31.3 Å². The molecule has 4 nitrogen and oxygen atoms in total. The fraction of sp³-hybridized carbons (Fsp3) is 0.625. The second kappa shape index (κ2) is 6.82. The third-order valence-corrected chi connectivity index (χ3v) is 7.77. The first kappa shape index (κ1) is 19.4. The van der Waals surface area contributed by atoms with Gasteiger partial charge in [0, 0.05) is 0 Å². The van der Waals surface area contributed by atoms with Gasteiger partial charge in [0.25, 0.3) is 0 Å². The summed E-state index contributed by atoms with van der Waals surface area (Å²) in [6.45, 7) is 9.78. The van der Waals surface area contributed by atoms with Crippen molar-refractivity contribution in [2.24, 2.45) is 22.7 Å². The number of fused-ring (bicyclic) bond motifs is 2. The normalized spacial score (nSPS) is 30.4. The van der Waals surface area contributed by atoms with E-state index in [2.05, 4.69) is 33.8 Å². The van der Waals surface area contributed by atoms with E-state index in [0.717, 1.165) is 18.3 Å². The molecule has 0 aromatic heterocycles. The van der Waals surface area contributed by atoms with E-state index in [0.29, 0.717) is 40.1 Å². The van der Waals surface area contributed by atoms with Crippen LogP contribution in [0.1, 0.15) is 69.3 Å². The van der Waals surface area contributed by atoms with Gasteiger partial charge in [0.15, 0.2) is 17.8 Å². The van der Waals surface area contributed by atoms with E-state index in [-0.39, 0.29) is 12.2 Å². The van der Waals surface area contributed by atoms with Gasteiger partial charge in [-0.05, 0) is 66.9 Å². The van der Waals surface area contributed by atoms with E-state index in [9.17, 15) is 4.79 Å². The Bertz CT molecular complexity index is 822. The van der Waals surface area contributed by atoms with Gasteiger partial charge in [-0.15, -0.1) is 0 Å². The Kier molecular flexibility index (Phi) is 4.71. The summed E-state index contributed by atoms with van der Waals surface area (Å²) in [5.41, 5.74) is 3.58. The minimum Gasteiger partial charge on any atom is -0.496 e. The lowest BCUT2D eigenvalue weighted by molar-refractivity contribution is -0.0369. The molecule has 0 unspecified atom stereocenters. The Hall–Kier alpha value is -1.97. The van der Waals surface area contributed by atoms with Crippen LogP contribution < -0.4 is 14.2 Å². The third-order valence-electron chi connectivity index (χ3n) is 7.77. The van der Waals surface area contributed by atoms with Gasteiger partial charge < -0.3 is 14.2 Å². The molecule has 1 heterocycles. The summed E-state index contributed by atoms with van der Waals surface area (Å²) in [6.07, 6.45) is 9.13. The molecular weight excluding hydrogens is 352 g/mol. The third kappa shape index (κ3) is 2.84. The van der Waals surface area contributed by atoms with Crippen molar-refractivity contribution in [2.45, 2.75) is 59.8 Å². The Morgan fingerprint density at radius 1 is 1.25 bits per heavy atom. The fourth-order valence-electron chi connectivity index (χ4n) is 6.36. The SMILES string of the molecule is COc1c(C[C@H]2C(C)=CC[C@H]3C(C)(C)CCC[C@]23C)cc2c(c1C=O)OCO2. The number of carbonyl (C=O) groups excluding carboxylic acids is 1. The first-order chi connectivity index (χ1) is 13.3. The molecule has 0 bridgehead atoms. The monoisotopic (exact) mass is 384 g/mol. The number of carbonyl (C=O) groups is 1. The maximum absolute atomic E-state index is 11.8. The van der Waals surface area contributed by atoms with Gasteiger partial charge in [0.1, 0.15) is 11.3 Å². The summed E-state index contributed by atoms with van der Waals surface area (Å²) in [6, 6.07) is 2.02. The zero-order valence-corrected chi connectivity index (χ0v) is 17.8. The van der Waals surface area contributed by atoms with Crippen LogP contribution in [0.4, 0.5) is 0 Å². The van der Waals surface area contributed by atoms with Gasteiger partial charge in [-0.25, -0.2) is 0 Å². The lowest BCUT2D eigenvalue weighted by Crippen LogP contribution is -2.49. The van der Waals surface area contributed by atoms with Crippen LogP contribution in [0.15, 0.2) is 17.7 Å². The van der Waals surface area contributed by atoms with Gasteiger partial charge in [0.05, 0.1) is 7.11 Å². The molecule has 1 aromatic carbocycles. The van der Waals surface area contributed by atoms with Crippen molar-refractivity contribution < 1.29 is 19.0 Å². The van der Waals surface area contributed by atoms with Crippen molar-refractivity contribution in [3.05, 3.63) is 28.8 Å². The molecule has 3 aliphatic rings.